The molecule has 0 saturated heterocycles. The first kappa shape index (κ1) is 22.2. The fraction of sp³-hybridized carbons (Fsp3) is 0.500. The van der Waals surface area contributed by atoms with Gasteiger partial charge in [0.1, 0.15) is 0 Å². The zero-order valence-electron chi connectivity index (χ0n) is 17.3. The Labute approximate surface area is 169 Å². The first-order valence-electron chi connectivity index (χ1n) is 9.58. The number of hydrogen-bond acceptors (Lipinski definition) is 5. The lowest BCUT2D eigenvalue weighted by Crippen LogP contribution is -2.49. The Morgan fingerprint density at radius 3 is 2.17 bits per heavy atom. The zero-order valence-corrected chi connectivity index (χ0v) is 17.3. The number of carbonyl (C=O) groups is 3. The van der Waals surface area contributed by atoms with Crippen LogP contribution in [0.15, 0.2) is 29.1 Å². The van der Waals surface area contributed by atoms with Crippen LogP contribution >= 0.6 is 0 Å². The molecule has 158 valence electrons. The van der Waals surface area contributed by atoms with Gasteiger partial charge in [-0.05, 0) is 39.3 Å². The number of hydrogen-bond donors (Lipinski definition) is 2. The number of rotatable bonds is 7. The van der Waals surface area contributed by atoms with E-state index in [1.165, 1.54) is 4.57 Å². The Morgan fingerprint density at radius 2 is 1.62 bits per heavy atom. The number of esters is 1. The Bertz CT molecular complexity index is 952. The molecule has 2 N–H and O–H groups in total. The molecule has 9 heteroatoms. The van der Waals surface area contributed by atoms with Gasteiger partial charge in [0.05, 0.1) is 17.5 Å². The van der Waals surface area contributed by atoms with E-state index in [0.717, 1.165) is 17.5 Å². The number of urea groups is 1. The largest absolute Gasteiger partial charge is 0.456 e. The lowest BCUT2D eigenvalue weighted by molar-refractivity contribution is -0.148. The summed E-state index contributed by atoms with van der Waals surface area (Å²) in [5.41, 5.74) is 0.885. The third-order valence-corrected chi connectivity index (χ3v) is 4.02. The van der Waals surface area contributed by atoms with Crippen LogP contribution in [0.3, 0.4) is 0 Å². The van der Waals surface area contributed by atoms with Crippen LogP contribution in [-0.2, 0) is 27.4 Å². The van der Waals surface area contributed by atoms with Gasteiger partial charge in [-0.2, -0.15) is 0 Å². The number of imidazole rings is 1. The molecule has 3 amide bonds. The maximum Gasteiger partial charge on any atom is 0.329 e. The van der Waals surface area contributed by atoms with Gasteiger partial charge in [-0.15, -0.1) is 0 Å². The van der Waals surface area contributed by atoms with Crippen molar-refractivity contribution in [2.75, 3.05) is 6.61 Å². The number of nitrogens with one attached hydrogen (secondary N) is 2. The van der Waals surface area contributed by atoms with Gasteiger partial charge in [0, 0.05) is 18.6 Å². The molecule has 1 aromatic heterocycles. The van der Waals surface area contributed by atoms with E-state index in [9.17, 15) is 19.2 Å². The van der Waals surface area contributed by atoms with Crippen molar-refractivity contribution in [1.29, 1.82) is 0 Å². The summed E-state index contributed by atoms with van der Waals surface area (Å²) in [6.07, 6.45) is 0.745. The van der Waals surface area contributed by atoms with Crippen molar-refractivity contribution in [2.45, 2.75) is 59.2 Å². The average molecular weight is 404 g/mol. The van der Waals surface area contributed by atoms with Crippen LogP contribution in [0.4, 0.5) is 4.79 Å². The number of nitrogens with zero attached hydrogens (tertiary/aromatic N) is 2. The molecule has 0 radical (unpaired) electrons. The molecule has 1 aromatic carbocycles. The Morgan fingerprint density at radius 1 is 1.03 bits per heavy atom. The van der Waals surface area contributed by atoms with Crippen LogP contribution in [0.1, 0.15) is 40.5 Å². The van der Waals surface area contributed by atoms with Gasteiger partial charge in [0.15, 0.2) is 6.61 Å². The monoisotopic (exact) mass is 404 g/mol. The molecular weight excluding hydrogens is 376 g/mol. The standard InChI is InChI=1S/C20H28N4O5/c1-5-11-23-14-8-6-7-9-15(14)24(19(23)28)12-10-17(26)29-13-16(25)21-18(27)22-20(2,3)4/h6-9H,5,10-13H2,1-4H3,(H2,21,22,25,27). The molecule has 1 heterocycles. The minimum absolute atomic E-state index is 0.0679. The van der Waals surface area contributed by atoms with Crippen LogP contribution < -0.4 is 16.3 Å². The highest BCUT2D eigenvalue weighted by Crippen LogP contribution is 2.13. The number of aryl methyl sites for hydroxylation is 2. The lowest BCUT2D eigenvalue weighted by atomic mass is 10.1. The number of aromatic nitrogens is 2. The fourth-order valence-corrected chi connectivity index (χ4v) is 2.88. The van der Waals surface area contributed by atoms with Gasteiger partial charge in [-0.3, -0.25) is 24.0 Å². The normalized spacial score (nSPS) is 11.3. The molecule has 0 atom stereocenters. The quantitative estimate of drug-likeness (QED) is 0.683. The smallest absolute Gasteiger partial charge is 0.329 e. The Balaban J connectivity index is 1.92. The average Bonchev–Trinajstić information content (AvgIpc) is 2.89. The van der Waals surface area contributed by atoms with Crippen molar-refractivity contribution < 1.29 is 19.1 Å². The number of benzene rings is 1. The highest BCUT2D eigenvalue weighted by atomic mass is 16.5. The van der Waals surface area contributed by atoms with E-state index in [4.69, 9.17) is 4.74 Å². The predicted octanol–water partition coefficient (Wildman–Crippen LogP) is 1.77. The molecule has 29 heavy (non-hydrogen) atoms. The van der Waals surface area contributed by atoms with Gasteiger partial charge < -0.3 is 10.1 Å². The predicted molar refractivity (Wildman–Crippen MR) is 108 cm³/mol. The molecule has 0 spiro atoms. The van der Waals surface area contributed by atoms with Crippen LogP contribution in [0.25, 0.3) is 11.0 Å². The Hall–Kier alpha value is -3.10. The molecule has 0 unspecified atom stereocenters. The van der Waals surface area contributed by atoms with Gasteiger partial charge in [0.25, 0.3) is 5.91 Å². The minimum Gasteiger partial charge on any atom is -0.456 e. The van der Waals surface area contributed by atoms with Crippen molar-refractivity contribution in [2.24, 2.45) is 0 Å². The maximum atomic E-state index is 12.7. The van der Waals surface area contributed by atoms with Gasteiger partial charge in [-0.25, -0.2) is 9.59 Å². The summed E-state index contributed by atoms with van der Waals surface area (Å²) in [6, 6.07) is 6.73. The van der Waals surface area contributed by atoms with Crippen LogP contribution in [0, 0.1) is 0 Å². The summed E-state index contributed by atoms with van der Waals surface area (Å²) in [5, 5.41) is 4.66. The summed E-state index contributed by atoms with van der Waals surface area (Å²) in [4.78, 5) is 48.0. The number of ether oxygens (including phenoxy) is 1. The summed E-state index contributed by atoms with van der Waals surface area (Å²) < 4.78 is 8.12. The molecule has 0 aliphatic heterocycles. The van der Waals surface area contributed by atoms with E-state index in [0.29, 0.717) is 6.54 Å². The minimum atomic E-state index is -0.725. The van der Waals surface area contributed by atoms with Gasteiger partial charge in [-0.1, -0.05) is 19.1 Å². The topological polar surface area (TPSA) is 111 Å². The Kier molecular flexibility index (Phi) is 7.19. The van der Waals surface area contributed by atoms with Gasteiger partial charge in [0.2, 0.25) is 0 Å². The van der Waals surface area contributed by atoms with Crippen molar-refractivity contribution in [1.82, 2.24) is 19.8 Å². The lowest BCUT2D eigenvalue weighted by Gasteiger charge is -2.20. The first-order chi connectivity index (χ1) is 13.6. The molecule has 9 nitrogen and oxygen atoms in total. The molecule has 0 fully saturated rings. The van der Waals surface area contributed by atoms with E-state index in [1.54, 1.807) is 25.3 Å². The summed E-state index contributed by atoms with van der Waals surface area (Å²) >= 11 is 0. The highest BCUT2D eigenvalue weighted by molar-refractivity contribution is 5.95. The maximum absolute atomic E-state index is 12.7. The van der Waals surface area contributed by atoms with Crippen molar-refractivity contribution >= 4 is 28.9 Å². The molecule has 2 rings (SSSR count). The molecule has 0 saturated carbocycles. The SMILES string of the molecule is CCCn1c(=O)n(CCC(=O)OCC(=O)NC(=O)NC(C)(C)C)c2ccccc21. The van der Waals surface area contributed by atoms with Crippen molar-refractivity contribution in [3.05, 3.63) is 34.7 Å². The van der Waals surface area contributed by atoms with E-state index >= 15 is 0 Å². The summed E-state index contributed by atoms with van der Waals surface area (Å²) in [6.45, 7) is 7.48. The number of para-hydroxylation sites is 2. The molecule has 0 aliphatic rings. The third-order valence-electron chi connectivity index (χ3n) is 4.02. The second kappa shape index (κ2) is 9.40. The number of amides is 3. The van der Waals surface area contributed by atoms with Crippen LogP contribution in [-0.4, -0.2) is 39.2 Å². The van der Waals surface area contributed by atoms with Crippen molar-refractivity contribution in [3.63, 3.8) is 0 Å². The second-order valence-corrected chi connectivity index (χ2v) is 7.74. The second-order valence-electron chi connectivity index (χ2n) is 7.74. The third kappa shape index (κ3) is 6.20. The zero-order chi connectivity index (χ0) is 21.6. The summed E-state index contributed by atoms with van der Waals surface area (Å²) in [7, 11) is 0. The number of carbonyl (C=O) groups excluding carboxylic acids is 3. The molecule has 0 aliphatic carbocycles. The molecular formula is C20H28N4O5. The van der Waals surface area contributed by atoms with E-state index in [-0.39, 0.29) is 18.7 Å². The van der Waals surface area contributed by atoms with Crippen LogP contribution in [0.5, 0.6) is 0 Å². The van der Waals surface area contributed by atoms with Gasteiger partial charge >= 0.3 is 17.7 Å². The molecule has 2 aromatic rings. The number of imide groups is 1. The fourth-order valence-electron chi connectivity index (χ4n) is 2.88. The number of fused-ring (bicyclic) bond motifs is 1. The van der Waals surface area contributed by atoms with Crippen LogP contribution in [0.2, 0.25) is 0 Å². The van der Waals surface area contributed by atoms with E-state index in [1.807, 2.05) is 31.2 Å². The summed E-state index contributed by atoms with van der Waals surface area (Å²) in [5.74, 6) is -1.35. The molecule has 0 bridgehead atoms. The van der Waals surface area contributed by atoms with Crippen molar-refractivity contribution in [3.8, 4) is 0 Å². The highest BCUT2D eigenvalue weighted by Gasteiger charge is 2.17. The van der Waals surface area contributed by atoms with E-state index in [2.05, 4.69) is 10.6 Å². The first-order valence-corrected chi connectivity index (χ1v) is 9.58. The van der Waals surface area contributed by atoms with E-state index < -0.39 is 30.1 Å².